The molecule has 1 heterocycles. The largest absolute Gasteiger partial charge is 0.341 e. The van der Waals surface area contributed by atoms with Gasteiger partial charge in [0.25, 0.3) is 0 Å². The third-order valence-corrected chi connectivity index (χ3v) is 13.3. The molecule has 55 heavy (non-hydrogen) atoms. The van der Waals surface area contributed by atoms with Crippen LogP contribution in [0.15, 0.2) is 121 Å². The third kappa shape index (κ3) is 5.20. The van der Waals surface area contributed by atoms with E-state index in [1.807, 2.05) is 0 Å². The fourth-order valence-corrected chi connectivity index (χ4v) is 9.57. The lowest BCUT2D eigenvalue weighted by Crippen LogP contribution is -2.03. The standard InChI is InChI=1S/C54H49N/c1-10-55-47-19-15-14-18-45(47)46-30-44(28-29-48(46)55)41-22-20-39(21-23-41)40-24-26-43(27-25-40)54-51-37(8)33(4)31(2)35(6)49(51)53(42-16-12-11-13-17-42)50-36(7)32(3)34(5)38(9)52(50)54/h11-30H,10H2,1-9H3. The van der Waals surface area contributed by atoms with E-state index in [1.54, 1.807) is 0 Å². The summed E-state index contributed by atoms with van der Waals surface area (Å²) in [4.78, 5) is 0. The average Bonchev–Trinajstić information content (AvgIpc) is 3.55. The molecule has 0 radical (unpaired) electrons. The van der Waals surface area contributed by atoms with Crippen molar-refractivity contribution >= 4 is 43.4 Å². The van der Waals surface area contributed by atoms with E-state index in [4.69, 9.17) is 0 Å². The zero-order valence-electron chi connectivity index (χ0n) is 33.7. The summed E-state index contributed by atoms with van der Waals surface area (Å²) in [6, 6.07) is 45.3. The van der Waals surface area contributed by atoms with Crippen LogP contribution < -0.4 is 0 Å². The van der Waals surface area contributed by atoms with E-state index < -0.39 is 0 Å². The Morgan fingerprint density at radius 2 is 0.691 bits per heavy atom. The van der Waals surface area contributed by atoms with Crippen molar-refractivity contribution in [2.45, 2.75) is 68.9 Å². The van der Waals surface area contributed by atoms with E-state index in [0.29, 0.717) is 0 Å². The molecule has 270 valence electrons. The highest BCUT2D eigenvalue weighted by Gasteiger charge is 2.25. The summed E-state index contributed by atoms with van der Waals surface area (Å²) in [6.07, 6.45) is 0. The van der Waals surface area contributed by atoms with Crippen LogP contribution in [0.3, 0.4) is 0 Å². The predicted molar refractivity (Wildman–Crippen MR) is 240 cm³/mol. The topological polar surface area (TPSA) is 4.93 Å². The van der Waals surface area contributed by atoms with Gasteiger partial charge in [0, 0.05) is 28.4 Å². The summed E-state index contributed by atoms with van der Waals surface area (Å²) < 4.78 is 2.42. The number of aromatic nitrogens is 1. The summed E-state index contributed by atoms with van der Waals surface area (Å²) in [6.45, 7) is 21.8. The van der Waals surface area contributed by atoms with E-state index in [1.165, 1.54) is 132 Å². The molecule has 0 N–H and O–H groups in total. The lowest BCUT2D eigenvalue weighted by atomic mass is 9.76. The number of aryl methyl sites for hydroxylation is 5. The van der Waals surface area contributed by atoms with E-state index >= 15 is 0 Å². The maximum absolute atomic E-state index is 2.42. The van der Waals surface area contributed by atoms with Gasteiger partial charge in [0.1, 0.15) is 0 Å². The van der Waals surface area contributed by atoms with Crippen molar-refractivity contribution < 1.29 is 0 Å². The summed E-state index contributed by atoms with van der Waals surface area (Å²) >= 11 is 0. The van der Waals surface area contributed by atoms with Gasteiger partial charge in [-0.25, -0.2) is 0 Å². The first-order chi connectivity index (χ1) is 26.6. The Bertz CT molecular complexity index is 2910. The fraction of sp³-hybridized carbons (Fsp3) is 0.185. The molecule has 1 nitrogen and oxygen atoms in total. The molecule has 0 spiro atoms. The van der Waals surface area contributed by atoms with Gasteiger partial charge in [-0.2, -0.15) is 0 Å². The molecule has 0 aliphatic heterocycles. The number of fused-ring (bicyclic) bond motifs is 5. The number of hydrogen-bond donors (Lipinski definition) is 0. The average molecular weight is 712 g/mol. The minimum Gasteiger partial charge on any atom is -0.341 e. The van der Waals surface area contributed by atoms with E-state index in [-0.39, 0.29) is 0 Å². The molecule has 9 aromatic rings. The summed E-state index contributed by atoms with van der Waals surface area (Å²) in [5, 5.41) is 8.18. The van der Waals surface area contributed by atoms with E-state index in [0.717, 1.165) is 6.54 Å². The summed E-state index contributed by atoms with van der Waals surface area (Å²) in [5.41, 5.74) is 23.9. The highest BCUT2D eigenvalue weighted by Crippen LogP contribution is 2.50. The van der Waals surface area contributed by atoms with E-state index in [2.05, 4.69) is 188 Å². The van der Waals surface area contributed by atoms with Gasteiger partial charge in [-0.1, -0.05) is 103 Å². The molecular weight excluding hydrogens is 663 g/mol. The van der Waals surface area contributed by atoms with Gasteiger partial charge in [0.15, 0.2) is 0 Å². The normalized spacial score (nSPS) is 11.8. The Morgan fingerprint density at radius 3 is 1.16 bits per heavy atom. The molecule has 1 aromatic heterocycles. The van der Waals surface area contributed by atoms with Gasteiger partial charge in [-0.15, -0.1) is 0 Å². The highest BCUT2D eigenvalue weighted by molar-refractivity contribution is 6.25. The molecule has 0 aliphatic rings. The molecule has 1 heteroatoms. The molecular formula is C54H49N. The van der Waals surface area contributed by atoms with Crippen LogP contribution in [0.2, 0.25) is 0 Å². The number of benzene rings is 8. The Morgan fingerprint density at radius 1 is 0.327 bits per heavy atom. The molecule has 8 aromatic carbocycles. The zero-order valence-corrected chi connectivity index (χ0v) is 33.7. The Balaban J connectivity index is 1.20. The lowest BCUT2D eigenvalue weighted by Gasteiger charge is -2.27. The Hall–Kier alpha value is -5.92. The van der Waals surface area contributed by atoms with Gasteiger partial charge in [0.2, 0.25) is 0 Å². The monoisotopic (exact) mass is 711 g/mol. The quantitative estimate of drug-likeness (QED) is 0.157. The summed E-state index contributed by atoms with van der Waals surface area (Å²) in [7, 11) is 0. The van der Waals surface area contributed by atoms with Gasteiger partial charge in [-0.05, 0) is 191 Å². The molecule has 0 unspecified atom stereocenters. The Labute approximate surface area is 325 Å². The molecule has 0 amide bonds. The van der Waals surface area contributed by atoms with Crippen LogP contribution in [0.1, 0.15) is 51.4 Å². The van der Waals surface area contributed by atoms with Crippen LogP contribution in [-0.4, -0.2) is 4.57 Å². The number of hydrogen-bond acceptors (Lipinski definition) is 0. The first-order valence-electron chi connectivity index (χ1n) is 19.8. The SMILES string of the molecule is CCn1c2ccccc2c2cc(-c3ccc(-c4ccc(-c5c6c(C)c(C)c(C)c(C)c6c(-c6ccccc6)c6c(C)c(C)c(C)c(C)c56)cc4)cc3)ccc21. The highest BCUT2D eigenvalue weighted by atomic mass is 15.0. The van der Waals surface area contributed by atoms with Crippen LogP contribution in [0.4, 0.5) is 0 Å². The second kappa shape index (κ2) is 13.1. The van der Waals surface area contributed by atoms with Crippen LogP contribution >= 0.6 is 0 Å². The van der Waals surface area contributed by atoms with Gasteiger partial charge in [-0.3, -0.25) is 0 Å². The van der Waals surface area contributed by atoms with Crippen LogP contribution in [0.5, 0.6) is 0 Å². The molecule has 0 atom stereocenters. The van der Waals surface area contributed by atoms with Crippen LogP contribution in [-0.2, 0) is 6.54 Å². The maximum Gasteiger partial charge on any atom is 0.0491 e. The van der Waals surface area contributed by atoms with Crippen molar-refractivity contribution in [2.24, 2.45) is 0 Å². The minimum absolute atomic E-state index is 0.958. The second-order valence-electron chi connectivity index (χ2n) is 15.8. The predicted octanol–water partition coefficient (Wildman–Crippen LogP) is 15.3. The maximum atomic E-state index is 2.42. The molecule has 0 aliphatic carbocycles. The smallest absolute Gasteiger partial charge is 0.0491 e. The molecule has 9 rings (SSSR count). The van der Waals surface area contributed by atoms with Crippen molar-refractivity contribution in [1.82, 2.24) is 4.57 Å². The van der Waals surface area contributed by atoms with Crippen molar-refractivity contribution in [1.29, 1.82) is 0 Å². The van der Waals surface area contributed by atoms with Crippen LogP contribution in [0, 0.1) is 55.4 Å². The third-order valence-electron chi connectivity index (χ3n) is 13.3. The van der Waals surface area contributed by atoms with Gasteiger partial charge >= 0.3 is 0 Å². The molecule has 0 fully saturated rings. The van der Waals surface area contributed by atoms with Crippen LogP contribution in [0.25, 0.3) is 87.9 Å². The molecule has 0 bridgehead atoms. The van der Waals surface area contributed by atoms with E-state index in [9.17, 15) is 0 Å². The van der Waals surface area contributed by atoms with Crippen molar-refractivity contribution in [3.63, 3.8) is 0 Å². The number of nitrogens with zero attached hydrogens (tertiary/aromatic N) is 1. The van der Waals surface area contributed by atoms with Gasteiger partial charge in [0.05, 0.1) is 0 Å². The molecule has 0 saturated heterocycles. The zero-order chi connectivity index (χ0) is 38.3. The second-order valence-corrected chi connectivity index (χ2v) is 15.8. The van der Waals surface area contributed by atoms with Crippen molar-refractivity contribution in [3.8, 4) is 44.5 Å². The van der Waals surface area contributed by atoms with Crippen molar-refractivity contribution in [2.75, 3.05) is 0 Å². The first kappa shape index (κ1) is 34.8. The fourth-order valence-electron chi connectivity index (χ4n) is 9.57. The number of para-hydroxylation sites is 1. The Kier molecular flexibility index (Phi) is 8.32. The molecule has 0 saturated carbocycles. The van der Waals surface area contributed by atoms with Crippen molar-refractivity contribution in [3.05, 3.63) is 166 Å². The summed E-state index contributed by atoms with van der Waals surface area (Å²) in [5.74, 6) is 0. The lowest BCUT2D eigenvalue weighted by molar-refractivity contribution is 0.827. The van der Waals surface area contributed by atoms with Gasteiger partial charge < -0.3 is 4.57 Å². The number of rotatable bonds is 5. The first-order valence-corrected chi connectivity index (χ1v) is 19.8. The minimum atomic E-state index is 0.958.